The summed E-state index contributed by atoms with van der Waals surface area (Å²) in [5.74, 6) is 0.312. The Morgan fingerprint density at radius 2 is 2.26 bits per heavy atom. The highest BCUT2D eigenvalue weighted by Gasteiger charge is 2.15. The summed E-state index contributed by atoms with van der Waals surface area (Å²) in [6.07, 6.45) is 2.91. The van der Waals surface area contributed by atoms with Crippen molar-refractivity contribution in [3.8, 4) is 0 Å². The van der Waals surface area contributed by atoms with Crippen LogP contribution in [0.4, 0.5) is 5.82 Å². The molecule has 3 rings (SSSR count). The van der Waals surface area contributed by atoms with Gasteiger partial charge < -0.3 is 10.3 Å². The first-order chi connectivity index (χ1) is 9.16. The van der Waals surface area contributed by atoms with Gasteiger partial charge in [-0.15, -0.1) is 11.3 Å². The van der Waals surface area contributed by atoms with Crippen LogP contribution in [0.2, 0.25) is 0 Å². The smallest absolute Gasteiger partial charge is 0.193 e. The van der Waals surface area contributed by atoms with E-state index in [1.807, 2.05) is 11.4 Å². The number of ketones is 1. The normalized spacial score (nSPS) is 11.0. The maximum atomic E-state index is 12.2. The zero-order chi connectivity index (χ0) is 13.4. The van der Waals surface area contributed by atoms with Crippen LogP contribution in [0.5, 0.6) is 0 Å². The van der Waals surface area contributed by atoms with Crippen LogP contribution in [-0.2, 0) is 6.54 Å². The molecule has 3 aromatic heterocycles. The number of nitrogens with two attached hydrogens (primary N) is 1. The lowest BCUT2D eigenvalue weighted by Gasteiger charge is -2.02. The average molecular weight is 338 g/mol. The number of imidazole rings is 1. The molecule has 0 unspecified atom stereocenters. The number of fused-ring (bicyclic) bond motifs is 1. The van der Waals surface area contributed by atoms with Crippen molar-refractivity contribution < 1.29 is 4.79 Å². The fraction of sp³-hybridized carbons (Fsp3) is 0.0909. The minimum absolute atomic E-state index is 0.00152. The van der Waals surface area contributed by atoms with E-state index < -0.39 is 0 Å². The van der Waals surface area contributed by atoms with Crippen molar-refractivity contribution in [3.63, 3.8) is 0 Å². The molecule has 19 heavy (non-hydrogen) atoms. The first-order valence-corrected chi connectivity index (χ1v) is 7.01. The van der Waals surface area contributed by atoms with Gasteiger partial charge in [0.2, 0.25) is 0 Å². The van der Waals surface area contributed by atoms with Gasteiger partial charge in [-0.25, -0.2) is 15.0 Å². The summed E-state index contributed by atoms with van der Waals surface area (Å²) in [5, 5.41) is 1.86. The highest BCUT2D eigenvalue weighted by Crippen LogP contribution is 2.24. The van der Waals surface area contributed by atoms with Gasteiger partial charge in [0.1, 0.15) is 11.8 Å². The molecule has 8 heteroatoms. The van der Waals surface area contributed by atoms with Gasteiger partial charge in [0, 0.05) is 4.47 Å². The largest absolute Gasteiger partial charge is 0.382 e. The Morgan fingerprint density at radius 1 is 1.42 bits per heavy atom. The van der Waals surface area contributed by atoms with Gasteiger partial charge in [-0.2, -0.15) is 0 Å². The number of hydrogen-bond donors (Lipinski definition) is 1. The Bertz CT molecular complexity index is 765. The van der Waals surface area contributed by atoms with E-state index in [1.165, 1.54) is 17.7 Å². The molecule has 3 heterocycles. The molecule has 6 nitrogen and oxygen atoms in total. The highest BCUT2D eigenvalue weighted by molar-refractivity contribution is 9.10. The third-order valence-corrected chi connectivity index (χ3v) is 4.49. The number of carbonyl (C=O) groups excluding carboxylic acids is 1. The molecule has 0 saturated carbocycles. The molecule has 96 valence electrons. The van der Waals surface area contributed by atoms with E-state index >= 15 is 0 Å². The van der Waals surface area contributed by atoms with Gasteiger partial charge in [0.05, 0.1) is 17.7 Å². The number of carbonyl (C=O) groups is 1. The Balaban J connectivity index is 1.96. The number of hydrogen-bond acceptors (Lipinski definition) is 6. The maximum Gasteiger partial charge on any atom is 0.193 e. The van der Waals surface area contributed by atoms with E-state index in [9.17, 15) is 4.79 Å². The minimum Gasteiger partial charge on any atom is -0.382 e. The molecule has 0 aliphatic rings. The standard InChI is InChI=1S/C11H8BrN5OS/c12-6-1-2-19-9(6)7(18)3-17-5-16-8-10(13)14-4-15-11(8)17/h1-2,4-5H,3H2,(H2,13,14,15). The summed E-state index contributed by atoms with van der Waals surface area (Å²) in [7, 11) is 0. The van der Waals surface area contributed by atoms with Gasteiger partial charge >= 0.3 is 0 Å². The van der Waals surface area contributed by atoms with E-state index in [0.717, 1.165) is 4.47 Å². The van der Waals surface area contributed by atoms with Crippen molar-refractivity contribution in [3.05, 3.63) is 33.5 Å². The van der Waals surface area contributed by atoms with Crippen molar-refractivity contribution >= 4 is 50.0 Å². The van der Waals surface area contributed by atoms with Crippen molar-refractivity contribution in [1.29, 1.82) is 0 Å². The first-order valence-electron chi connectivity index (χ1n) is 5.34. The number of thiophene rings is 1. The second-order valence-corrected chi connectivity index (χ2v) is 5.59. The van der Waals surface area contributed by atoms with Gasteiger partial charge in [0.25, 0.3) is 0 Å². The molecule has 0 aliphatic carbocycles. The zero-order valence-corrected chi connectivity index (χ0v) is 12.0. The number of Topliss-reactive ketones (excluding diaryl/α,β-unsaturated/α-hetero) is 1. The lowest BCUT2D eigenvalue weighted by atomic mass is 10.3. The monoisotopic (exact) mass is 337 g/mol. The number of halogens is 1. The molecule has 0 aliphatic heterocycles. The molecule has 0 amide bonds. The Morgan fingerprint density at radius 3 is 3.00 bits per heavy atom. The minimum atomic E-state index is -0.00152. The van der Waals surface area contributed by atoms with E-state index in [2.05, 4.69) is 30.9 Å². The molecule has 0 aromatic carbocycles. The number of nitrogen functional groups attached to an aromatic ring is 1. The second kappa shape index (κ2) is 4.71. The zero-order valence-electron chi connectivity index (χ0n) is 9.58. The Labute approximate surface area is 120 Å². The van der Waals surface area contributed by atoms with Crippen molar-refractivity contribution in [1.82, 2.24) is 19.5 Å². The summed E-state index contributed by atoms with van der Waals surface area (Å²) in [6, 6.07) is 1.85. The number of aromatic nitrogens is 4. The molecule has 0 bridgehead atoms. The van der Waals surface area contributed by atoms with Gasteiger partial charge in [0.15, 0.2) is 17.2 Å². The molecule has 3 aromatic rings. The van der Waals surface area contributed by atoms with Crippen LogP contribution in [0.15, 0.2) is 28.6 Å². The van der Waals surface area contributed by atoms with Crippen molar-refractivity contribution in [2.45, 2.75) is 6.54 Å². The van der Waals surface area contributed by atoms with Crippen LogP contribution in [0.25, 0.3) is 11.2 Å². The summed E-state index contributed by atoms with van der Waals surface area (Å²) in [5.41, 5.74) is 6.78. The van der Waals surface area contributed by atoms with Crippen LogP contribution in [0.1, 0.15) is 9.67 Å². The van der Waals surface area contributed by atoms with Crippen LogP contribution in [0, 0.1) is 0 Å². The Kier molecular flexibility index (Phi) is 3.03. The summed E-state index contributed by atoms with van der Waals surface area (Å²) >= 11 is 4.75. The summed E-state index contributed by atoms with van der Waals surface area (Å²) in [6.45, 7) is 0.173. The lowest BCUT2D eigenvalue weighted by molar-refractivity contribution is 0.0976. The van der Waals surface area contributed by atoms with Crippen molar-refractivity contribution in [2.75, 3.05) is 5.73 Å². The molecule has 0 atom stereocenters. The van der Waals surface area contributed by atoms with Crippen molar-refractivity contribution in [2.24, 2.45) is 0 Å². The molecule has 0 radical (unpaired) electrons. The first kappa shape index (κ1) is 12.2. The quantitative estimate of drug-likeness (QED) is 0.739. The average Bonchev–Trinajstić information content (AvgIpc) is 2.97. The molecule has 0 spiro atoms. The van der Waals surface area contributed by atoms with Gasteiger partial charge in [-0.3, -0.25) is 4.79 Å². The molecule has 0 saturated heterocycles. The highest BCUT2D eigenvalue weighted by atomic mass is 79.9. The maximum absolute atomic E-state index is 12.2. The van der Waals surface area contributed by atoms with Crippen LogP contribution < -0.4 is 5.73 Å². The SMILES string of the molecule is Nc1ncnc2c1ncn2CC(=O)c1sccc1Br. The topological polar surface area (TPSA) is 86.7 Å². The molecule has 2 N–H and O–H groups in total. The van der Waals surface area contributed by atoms with Crippen LogP contribution in [-0.4, -0.2) is 25.3 Å². The molecule has 0 fully saturated rings. The third kappa shape index (κ3) is 2.13. The fourth-order valence-electron chi connectivity index (χ4n) is 1.73. The Hall–Kier alpha value is -1.80. The predicted octanol–water partition coefficient (Wildman–Crippen LogP) is 2.12. The van der Waals surface area contributed by atoms with Gasteiger partial charge in [-0.05, 0) is 27.4 Å². The number of anilines is 1. The molecular formula is C11H8BrN5OS. The number of nitrogens with zero attached hydrogens (tertiary/aromatic N) is 4. The van der Waals surface area contributed by atoms with Gasteiger partial charge in [-0.1, -0.05) is 0 Å². The van der Waals surface area contributed by atoms with Crippen LogP contribution >= 0.6 is 27.3 Å². The fourth-order valence-corrected chi connectivity index (χ4v) is 3.26. The van der Waals surface area contributed by atoms with E-state index in [0.29, 0.717) is 21.9 Å². The third-order valence-electron chi connectivity index (χ3n) is 2.61. The van der Waals surface area contributed by atoms with E-state index in [-0.39, 0.29) is 12.3 Å². The summed E-state index contributed by atoms with van der Waals surface area (Å²) in [4.78, 5) is 25.0. The van der Waals surface area contributed by atoms with Crippen LogP contribution in [0.3, 0.4) is 0 Å². The van der Waals surface area contributed by atoms with E-state index in [4.69, 9.17) is 5.73 Å². The number of rotatable bonds is 3. The lowest BCUT2D eigenvalue weighted by Crippen LogP contribution is -2.09. The predicted molar refractivity (Wildman–Crippen MR) is 76.1 cm³/mol. The van der Waals surface area contributed by atoms with E-state index in [1.54, 1.807) is 10.9 Å². The molecular weight excluding hydrogens is 330 g/mol. The second-order valence-electron chi connectivity index (χ2n) is 3.82. The summed E-state index contributed by atoms with van der Waals surface area (Å²) < 4.78 is 2.48.